The first-order valence-electron chi connectivity index (χ1n) is 8.25. The Morgan fingerprint density at radius 3 is 2.41 bits per heavy atom. The number of aromatic amines is 1. The van der Waals surface area contributed by atoms with Crippen molar-refractivity contribution >= 4 is 23.2 Å². The molecule has 0 spiro atoms. The normalized spacial score (nSPS) is 11.1. The summed E-state index contributed by atoms with van der Waals surface area (Å²) in [6, 6.07) is 3.96. The van der Waals surface area contributed by atoms with Crippen LogP contribution in [0.2, 0.25) is 10.0 Å². The average molecular weight is 442 g/mol. The lowest BCUT2D eigenvalue weighted by Crippen LogP contribution is -2.39. The zero-order valence-electron chi connectivity index (χ0n) is 15.1. The number of aromatic nitrogens is 5. The number of nitrogens with one attached hydrogen (secondary N) is 1. The molecule has 0 amide bonds. The summed E-state index contributed by atoms with van der Waals surface area (Å²) >= 11 is 12.4. The summed E-state index contributed by atoms with van der Waals surface area (Å²) in [5, 5.41) is 9.44. The van der Waals surface area contributed by atoms with Gasteiger partial charge in [0.15, 0.2) is 12.5 Å². The van der Waals surface area contributed by atoms with Crippen molar-refractivity contribution in [1.82, 2.24) is 24.5 Å². The van der Waals surface area contributed by atoms with Gasteiger partial charge in [0.05, 0.1) is 15.7 Å². The number of ether oxygens (including phenoxy) is 1. The summed E-state index contributed by atoms with van der Waals surface area (Å²) < 4.78 is 19.6. The lowest BCUT2D eigenvalue weighted by atomic mass is 10.1. The van der Waals surface area contributed by atoms with Gasteiger partial charge in [-0.2, -0.15) is 9.78 Å². The summed E-state index contributed by atoms with van der Waals surface area (Å²) in [4.78, 5) is 36.1. The van der Waals surface area contributed by atoms with Gasteiger partial charge in [-0.25, -0.2) is 18.9 Å². The van der Waals surface area contributed by atoms with E-state index in [0.717, 1.165) is 6.20 Å². The molecule has 0 aliphatic heterocycles. The maximum Gasteiger partial charge on any atom is 0.354 e. The molecule has 0 saturated carbocycles. The molecule has 0 radical (unpaired) electrons. The van der Waals surface area contributed by atoms with Gasteiger partial charge in [-0.15, -0.1) is 5.10 Å². The standard InChI is InChI=1S/C17H14Cl2FN5O4/c1-8(2)10-5-13(22-23-16(10)27)29-15-11(18)3-9(4-12(15)19)25-14(26)6-21-24(7-20)17(25)28/h3-6,8H,7H2,1-2H3,(H,23,27). The molecule has 0 saturated heterocycles. The Morgan fingerprint density at radius 2 is 1.83 bits per heavy atom. The lowest BCUT2D eigenvalue weighted by molar-refractivity contribution is 0.327. The third-order valence-corrected chi connectivity index (χ3v) is 4.49. The highest BCUT2D eigenvalue weighted by molar-refractivity contribution is 6.37. The van der Waals surface area contributed by atoms with Gasteiger partial charge in [0.2, 0.25) is 5.88 Å². The van der Waals surface area contributed by atoms with E-state index in [0.29, 0.717) is 14.8 Å². The Labute approximate surface area is 172 Å². The van der Waals surface area contributed by atoms with E-state index in [1.165, 1.54) is 18.2 Å². The van der Waals surface area contributed by atoms with Crippen molar-refractivity contribution in [2.45, 2.75) is 26.6 Å². The minimum Gasteiger partial charge on any atom is -0.434 e. The molecule has 0 unspecified atom stereocenters. The van der Waals surface area contributed by atoms with Crippen LogP contribution in [0.25, 0.3) is 5.69 Å². The second-order valence-electron chi connectivity index (χ2n) is 6.21. The third kappa shape index (κ3) is 4.08. The highest BCUT2D eigenvalue weighted by atomic mass is 35.5. The zero-order valence-corrected chi connectivity index (χ0v) is 16.7. The fourth-order valence-electron chi connectivity index (χ4n) is 2.52. The van der Waals surface area contributed by atoms with Crippen molar-refractivity contribution in [1.29, 1.82) is 0 Å². The molecule has 0 aliphatic carbocycles. The minimum absolute atomic E-state index is 0.000685. The van der Waals surface area contributed by atoms with Crippen LogP contribution in [-0.4, -0.2) is 24.5 Å². The number of rotatable bonds is 5. The topological polar surface area (TPSA) is 112 Å². The van der Waals surface area contributed by atoms with E-state index < -0.39 is 18.0 Å². The first kappa shape index (κ1) is 20.7. The molecular weight excluding hydrogens is 428 g/mol. The summed E-state index contributed by atoms with van der Waals surface area (Å²) in [5.74, 6) is -0.0290. The first-order valence-corrected chi connectivity index (χ1v) is 9.00. The van der Waals surface area contributed by atoms with E-state index in [1.807, 2.05) is 13.8 Å². The molecule has 2 aromatic heterocycles. The summed E-state index contributed by atoms with van der Waals surface area (Å²) in [6.07, 6.45) is 0.797. The van der Waals surface area contributed by atoms with E-state index in [9.17, 15) is 18.8 Å². The van der Waals surface area contributed by atoms with E-state index in [-0.39, 0.29) is 38.8 Å². The van der Waals surface area contributed by atoms with Gasteiger partial charge in [-0.3, -0.25) is 9.59 Å². The second-order valence-corrected chi connectivity index (χ2v) is 7.02. The van der Waals surface area contributed by atoms with Gasteiger partial charge in [0, 0.05) is 11.6 Å². The molecular formula is C17H14Cl2FN5O4. The van der Waals surface area contributed by atoms with Crippen LogP contribution in [-0.2, 0) is 6.80 Å². The Hall–Kier alpha value is -2.98. The largest absolute Gasteiger partial charge is 0.434 e. The van der Waals surface area contributed by atoms with Gasteiger partial charge < -0.3 is 4.74 Å². The smallest absolute Gasteiger partial charge is 0.354 e. The molecule has 9 nitrogen and oxygen atoms in total. The molecule has 1 N–H and O–H groups in total. The van der Waals surface area contributed by atoms with Crippen LogP contribution in [0.3, 0.4) is 0 Å². The summed E-state index contributed by atoms with van der Waals surface area (Å²) in [7, 11) is 0. The van der Waals surface area contributed by atoms with Crippen molar-refractivity contribution in [3.63, 3.8) is 0 Å². The third-order valence-electron chi connectivity index (χ3n) is 3.93. The Kier molecular flexibility index (Phi) is 5.85. The quantitative estimate of drug-likeness (QED) is 0.650. The van der Waals surface area contributed by atoms with Gasteiger partial charge in [0.25, 0.3) is 11.1 Å². The van der Waals surface area contributed by atoms with Gasteiger partial charge in [-0.05, 0) is 18.1 Å². The highest BCUT2D eigenvalue weighted by Gasteiger charge is 2.17. The molecule has 3 aromatic rings. The number of nitrogens with zero attached hydrogens (tertiary/aromatic N) is 4. The highest BCUT2D eigenvalue weighted by Crippen LogP contribution is 2.37. The molecule has 2 heterocycles. The van der Waals surface area contributed by atoms with E-state index in [2.05, 4.69) is 15.3 Å². The first-order chi connectivity index (χ1) is 13.7. The van der Waals surface area contributed by atoms with Crippen LogP contribution >= 0.6 is 23.2 Å². The SMILES string of the molecule is CC(C)c1cc(Oc2c(Cl)cc(-n3c(=O)cnn(CF)c3=O)cc2Cl)n[nH]c1=O. The molecule has 152 valence electrons. The van der Waals surface area contributed by atoms with Crippen LogP contribution in [0.5, 0.6) is 11.6 Å². The van der Waals surface area contributed by atoms with Crippen molar-refractivity contribution in [3.8, 4) is 17.3 Å². The van der Waals surface area contributed by atoms with Crippen LogP contribution in [0.15, 0.2) is 38.8 Å². The molecule has 12 heteroatoms. The fourth-order valence-corrected chi connectivity index (χ4v) is 3.07. The Balaban J connectivity index is 2.07. The number of alkyl halides is 1. The number of benzene rings is 1. The number of hydrogen-bond acceptors (Lipinski definition) is 6. The molecule has 1 aromatic carbocycles. The molecule has 0 atom stereocenters. The maximum atomic E-state index is 12.9. The van der Waals surface area contributed by atoms with Crippen LogP contribution in [0, 0.1) is 0 Å². The van der Waals surface area contributed by atoms with E-state index >= 15 is 0 Å². The zero-order chi connectivity index (χ0) is 21.3. The predicted octanol–water partition coefficient (Wildman–Crippen LogP) is 2.63. The van der Waals surface area contributed by atoms with Crippen molar-refractivity contribution < 1.29 is 9.13 Å². The van der Waals surface area contributed by atoms with E-state index in [4.69, 9.17) is 27.9 Å². The number of H-pyrrole nitrogens is 1. The molecule has 3 rings (SSSR count). The number of halogens is 3. The molecule has 0 fully saturated rings. The predicted molar refractivity (Wildman–Crippen MR) is 104 cm³/mol. The molecule has 0 bridgehead atoms. The monoisotopic (exact) mass is 441 g/mol. The minimum atomic E-state index is -1.21. The maximum absolute atomic E-state index is 12.9. The Morgan fingerprint density at radius 1 is 1.17 bits per heavy atom. The summed E-state index contributed by atoms with van der Waals surface area (Å²) in [5.41, 5.74) is -1.67. The molecule has 29 heavy (non-hydrogen) atoms. The average Bonchev–Trinajstić information content (AvgIpc) is 2.66. The van der Waals surface area contributed by atoms with Crippen LogP contribution in [0.1, 0.15) is 25.3 Å². The van der Waals surface area contributed by atoms with E-state index in [1.54, 1.807) is 0 Å². The van der Waals surface area contributed by atoms with Gasteiger partial charge in [-0.1, -0.05) is 37.0 Å². The van der Waals surface area contributed by atoms with Gasteiger partial charge in [0.1, 0.15) is 6.20 Å². The summed E-state index contributed by atoms with van der Waals surface area (Å²) in [6.45, 7) is 2.46. The van der Waals surface area contributed by atoms with Crippen LogP contribution in [0.4, 0.5) is 4.39 Å². The van der Waals surface area contributed by atoms with Crippen molar-refractivity contribution in [2.24, 2.45) is 0 Å². The fraction of sp³-hybridized carbons (Fsp3) is 0.235. The number of hydrogen-bond donors (Lipinski definition) is 1. The van der Waals surface area contributed by atoms with Crippen LogP contribution < -0.4 is 21.5 Å². The second kappa shape index (κ2) is 8.18. The van der Waals surface area contributed by atoms with Crippen molar-refractivity contribution in [3.05, 3.63) is 71.2 Å². The van der Waals surface area contributed by atoms with Crippen molar-refractivity contribution in [2.75, 3.05) is 0 Å². The van der Waals surface area contributed by atoms with Gasteiger partial charge >= 0.3 is 5.69 Å². The lowest BCUT2D eigenvalue weighted by Gasteiger charge is -2.13. The Bertz CT molecular complexity index is 1230. The molecule has 0 aliphatic rings.